The van der Waals surface area contributed by atoms with Crippen molar-refractivity contribution in [1.29, 1.82) is 0 Å². The third kappa shape index (κ3) is 3.59. The van der Waals surface area contributed by atoms with E-state index < -0.39 is 0 Å². The Bertz CT molecular complexity index is 191. The molecule has 0 heterocycles. The van der Waals surface area contributed by atoms with Crippen LogP contribution in [0.2, 0.25) is 0 Å². The van der Waals surface area contributed by atoms with Crippen LogP contribution in [0.4, 0.5) is 0 Å². The summed E-state index contributed by atoms with van der Waals surface area (Å²) in [6.07, 6.45) is 15.7. The zero-order valence-corrected chi connectivity index (χ0v) is 12.5. The van der Waals surface area contributed by atoms with Crippen molar-refractivity contribution in [2.45, 2.75) is 82.3 Å². The number of rotatable bonds is 3. The van der Waals surface area contributed by atoms with E-state index in [0.717, 1.165) is 0 Å². The quantitative estimate of drug-likeness (QED) is 0.406. The van der Waals surface area contributed by atoms with Crippen LogP contribution >= 0.6 is 22.6 Å². The average molecular weight is 336 g/mol. The van der Waals surface area contributed by atoms with Crippen LogP contribution in [0.1, 0.15) is 70.6 Å². The molecule has 2 heteroatoms. The van der Waals surface area contributed by atoms with Gasteiger partial charge in [0.2, 0.25) is 0 Å². The van der Waals surface area contributed by atoms with Gasteiger partial charge in [-0.25, -0.2) is 0 Å². The molecule has 16 heavy (non-hydrogen) atoms. The molecule has 0 aromatic rings. The summed E-state index contributed by atoms with van der Waals surface area (Å²) in [5.74, 6) is 0. The van der Waals surface area contributed by atoms with E-state index in [1.807, 2.05) is 0 Å². The summed E-state index contributed by atoms with van der Waals surface area (Å²) in [7, 11) is 0. The summed E-state index contributed by atoms with van der Waals surface area (Å²) in [6.45, 7) is 0. The van der Waals surface area contributed by atoms with Gasteiger partial charge in [0.25, 0.3) is 0 Å². The lowest BCUT2D eigenvalue weighted by Crippen LogP contribution is -2.38. The first-order chi connectivity index (χ1) is 7.85. The van der Waals surface area contributed by atoms with Gasteiger partial charge < -0.3 is 4.74 Å². The van der Waals surface area contributed by atoms with E-state index in [-0.39, 0.29) is 5.60 Å². The molecular formula is C14H25IO. The Kier molecular flexibility index (Phi) is 5.40. The van der Waals surface area contributed by atoms with Gasteiger partial charge in [-0.3, -0.25) is 0 Å². The number of ether oxygens (including phenoxy) is 1. The predicted octanol–water partition coefficient (Wildman–Crippen LogP) is 4.86. The summed E-state index contributed by atoms with van der Waals surface area (Å²) in [6, 6.07) is 0. The molecule has 0 atom stereocenters. The zero-order chi connectivity index (χ0) is 11.3. The van der Waals surface area contributed by atoms with E-state index in [2.05, 4.69) is 22.6 Å². The molecule has 0 N–H and O–H groups in total. The monoisotopic (exact) mass is 336 g/mol. The van der Waals surface area contributed by atoms with E-state index in [0.29, 0.717) is 6.10 Å². The van der Waals surface area contributed by atoms with E-state index >= 15 is 0 Å². The van der Waals surface area contributed by atoms with E-state index in [4.69, 9.17) is 4.74 Å². The van der Waals surface area contributed by atoms with Gasteiger partial charge in [0.1, 0.15) is 0 Å². The first-order valence-electron chi connectivity index (χ1n) is 7.08. The standard InChI is InChI=1S/C14H25IO/c15-12-14(10-6-1-2-7-11-14)16-13-8-4-3-5-9-13/h13H,1-12H2. The maximum Gasteiger partial charge on any atom is 0.0775 e. The molecule has 0 aliphatic heterocycles. The van der Waals surface area contributed by atoms with Crippen molar-refractivity contribution in [3.63, 3.8) is 0 Å². The molecule has 0 radical (unpaired) electrons. The highest BCUT2D eigenvalue weighted by Crippen LogP contribution is 2.35. The summed E-state index contributed by atoms with van der Waals surface area (Å²) in [5, 5.41) is 0. The van der Waals surface area contributed by atoms with Crippen LogP contribution in [0.25, 0.3) is 0 Å². The minimum absolute atomic E-state index is 0.249. The number of alkyl halides is 1. The molecule has 1 nitrogen and oxygen atoms in total. The largest absolute Gasteiger partial charge is 0.371 e. The second kappa shape index (κ2) is 6.58. The molecule has 2 saturated carbocycles. The molecule has 2 aliphatic rings. The second-order valence-corrected chi connectivity index (χ2v) is 6.37. The van der Waals surface area contributed by atoms with Crippen molar-refractivity contribution in [3.8, 4) is 0 Å². The van der Waals surface area contributed by atoms with Gasteiger partial charge in [0, 0.05) is 4.43 Å². The van der Waals surface area contributed by atoms with Gasteiger partial charge in [0.15, 0.2) is 0 Å². The highest BCUT2D eigenvalue weighted by molar-refractivity contribution is 14.1. The maximum absolute atomic E-state index is 6.54. The first-order valence-corrected chi connectivity index (χ1v) is 8.61. The van der Waals surface area contributed by atoms with Crippen molar-refractivity contribution in [2.24, 2.45) is 0 Å². The molecule has 0 aromatic carbocycles. The molecule has 0 bridgehead atoms. The third-order valence-electron chi connectivity index (χ3n) is 4.23. The molecule has 2 rings (SSSR count). The highest BCUT2D eigenvalue weighted by Gasteiger charge is 2.33. The Labute approximate surface area is 114 Å². The molecule has 0 saturated heterocycles. The number of halogens is 1. The van der Waals surface area contributed by atoms with Crippen LogP contribution in [-0.2, 0) is 4.74 Å². The van der Waals surface area contributed by atoms with Gasteiger partial charge in [-0.15, -0.1) is 0 Å². The third-order valence-corrected chi connectivity index (χ3v) is 5.62. The van der Waals surface area contributed by atoms with Crippen molar-refractivity contribution in [3.05, 3.63) is 0 Å². The molecule has 0 amide bonds. The Hall–Kier alpha value is 0.690. The summed E-state index contributed by atoms with van der Waals surface area (Å²) in [4.78, 5) is 0. The first kappa shape index (κ1) is 13.1. The lowest BCUT2D eigenvalue weighted by Gasteiger charge is -2.37. The minimum Gasteiger partial charge on any atom is -0.371 e. The van der Waals surface area contributed by atoms with Crippen LogP contribution in [0.3, 0.4) is 0 Å². The minimum atomic E-state index is 0.249. The fourth-order valence-electron chi connectivity index (χ4n) is 3.19. The zero-order valence-electron chi connectivity index (χ0n) is 10.3. The molecule has 0 aromatic heterocycles. The molecule has 0 spiro atoms. The Balaban J connectivity index is 1.90. The van der Waals surface area contributed by atoms with Crippen molar-refractivity contribution < 1.29 is 4.74 Å². The van der Waals surface area contributed by atoms with Crippen LogP contribution in [0.5, 0.6) is 0 Å². The number of hydrogen-bond acceptors (Lipinski definition) is 1. The molecular weight excluding hydrogens is 311 g/mol. The summed E-state index contributed by atoms with van der Waals surface area (Å²) in [5.41, 5.74) is 0.249. The smallest absolute Gasteiger partial charge is 0.0775 e. The molecule has 2 aliphatic carbocycles. The second-order valence-electron chi connectivity index (χ2n) is 5.61. The van der Waals surface area contributed by atoms with Gasteiger partial charge in [0.05, 0.1) is 11.7 Å². The Morgan fingerprint density at radius 1 is 0.875 bits per heavy atom. The van der Waals surface area contributed by atoms with Gasteiger partial charge in [-0.2, -0.15) is 0 Å². The van der Waals surface area contributed by atoms with Crippen LogP contribution in [0.15, 0.2) is 0 Å². The van der Waals surface area contributed by atoms with Crippen molar-refractivity contribution in [2.75, 3.05) is 4.43 Å². The van der Waals surface area contributed by atoms with Crippen molar-refractivity contribution >= 4 is 22.6 Å². The van der Waals surface area contributed by atoms with Crippen molar-refractivity contribution in [1.82, 2.24) is 0 Å². The Morgan fingerprint density at radius 2 is 1.44 bits per heavy atom. The van der Waals surface area contributed by atoms with Crippen LogP contribution in [0, 0.1) is 0 Å². The van der Waals surface area contributed by atoms with Gasteiger partial charge >= 0.3 is 0 Å². The highest BCUT2D eigenvalue weighted by atomic mass is 127. The van der Waals surface area contributed by atoms with Gasteiger partial charge in [-0.1, -0.05) is 67.5 Å². The van der Waals surface area contributed by atoms with E-state index in [1.165, 1.54) is 75.1 Å². The Morgan fingerprint density at radius 3 is 2.00 bits per heavy atom. The maximum atomic E-state index is 6.54. The van der Waals surface area contributed by atoms with Crippen LogP contribution in [-0.4, -0.2) is 16.1 Å². The molecule has 94 valence electrons. The SMILES string of the molecule is ICC1(OC2CCCCC2)CCCCCC1. The normalized spacial score (nSPS) is 27.6. The average Bonchev–Trinajstić information content (AvgIpc) is 2.57. The summed E-state index contributed by atoms with van der Waals surface area (Å²) < 4.78 is 7.74. The van der Waals surface area contributed by atoms with E-state index in [9.17, 15) is 0 Å². The van der Waals surface area contributed by atoms with E-state index in [1.54, 1.807) is 0 Å². The summed E-state index contributed by atoms with van der Waals surface area (Å²) >= 11 is 2.55. The fraction of sp³-hybridized carbons (Fsp3) is 1.00. The molecule has 2 fully saturated rings. The molecule has 0 unspecified atom stereocenters. The number of hydrogen-bond donors (Lipinski definition) is 0. The predicted molar refractivity (Wildman–Crippen MR) is 77.3 cm³/mol. The lowest BCUT2D eigenvalue weighted by molar-refractivity contribution is -0.0976. The lowest BCUT2D eigenvalue weighted by atomic mass is 9.93. The topological polar surface area (TPSA) is 9.23 Å². The van der Waals surface area contributed by atoms with Crippen LogP contribution < -0.4 is 0 Å². The van der Waals surface area contributed by atoms with Gasteiger partial charge in [-0.05, 0) is 25.7 Å². The fourth-order valence-corrected chi connectivity index (χ4v) is 4.13.